The molecular weight excluding hydrogens is 270 g/mol. The number of rotatable bonds is 5. The number of aromatic nitrogens is 4. The van der Waals surface area contributed by atoms with Gasteiger partial charge in [0, 0.05) is 19.3 Å². The summed E-state index contributed by atoms with van der Waals surface area (Å²) < 4.78 is 1.71. The van der Waals surface area contributed by atoms with Gasteiger partial charge in [-0.25, -0.2) is 14.8 Å². The maximum Gasteiger partial charge on any atom is 0.356 e. The van der Waals surface area contributed by atoms with E-state index in [0.717, 1.165) is 11.0 Å². The van der Waals surface area contributed by atoms with Crippen molar-refractivity contribution in [3.8, 4) is 0 Å². The van der Waals surface area contributed by atoms with Crippen molar-refractivity contribution < 1.29 is 9.90 Å². The fourth-order valence-corrected chi connectivity index (χ4v) is 1.95. The minimum atomic E-state index is -1.03. The Balaban J connectivity index is 1.62. The van der Waals surface area contributed by atoms with Crippen LogP contribution in [0.3, 0.4) is 0 Å². The number of fused-ring (bicyclic) bond motifs is 1. The second-order valence-corrected chi connectivity index (χ2v) is 4.47. The Bertz CT molecular complexity index is 784. The number of imidazole rings is 1. The summed E-state index contributed by atoms with van der Waals surface area (Å²) in [4.78, 5) is 23.3. The molecule has 106 valence electrons. The van der Waals surface area contributed by atoms with Crippen LogP contribution in [-0.4, -0.2) is 37.1 Å². The summed E-state index contributed by atoms with van der Waals surface area (Å²) in [6, 6.07) is 7.65. The Labute approximate surface area is 120 Å². The highest BCUT2D eigenvalue weighted by Crippen LogP contribution is 2.11. The van der Waals surface area contributed by atoms with E-state index in [1.54, 1.807) is 10.8 Å². The number of hydrogen-bond acceptors (Lipinski definition) is 5. The molecule has 7 nitrogen and oxygen atoms in total. The van der Waals surface area contributed by atoms with Gasteiger partial charge in [0.15, 0.2) is 5.69 Å². The van der Waals surface area contributed by atoms with Crippen LogP contribution < -0.4 is 5.32 Å². The van der Waals surface area contributed by atoms with E-state index in [0.29, 0.717) is 18.9 Å². The molecule has 0 aliphatic rings. The molecule has 3 aromatic rings. The third-order valence-electron chi connectivity index (χ3n) is 2.98. The van der Waals surface area contributed by atoms with Crippen LogP contribution in [0.15, 0.2) is 43.0 Å². The molecule has 7 heteroatoms. The summed E-state index contributed by atoms with van der Waals surface area (Å²) in [5, 5.41) is 11.9. The summed E-state index contributed by atoms with van der Waals surface area (Å²) in [6.07, 6.45) is 4.67. The molecule has 1 aromatic carbocycles. The molecule has 0 aliphatic carbocycles. The normalized spacial score (nSPS) is 10.7. The molecule has 0 amide bonds. The number of anilines is 1. The van der Waals surface area contributed by atoms with Gasteiger partial charge < -0.3 is 15.0 Å². The van der Waals surface area contributed by atoms with Gasteiger partial charge in [-0.1, -0.05) is 12.1 Å². The zero-order valence-corrected chi connectivity index (χ0v) is 11.1. The molecule has 0 radical (unpaired) electrons. The van der Waals surface area contributed by atoms with Gasteiger partial charge in [0.25, 0.3) is 0 Å². The number of carboxylic acid groups (broad SMARTS) is 1. The van der Waals surface area contributed by atoms with Crippen molar-refractivity contribution in [1.29, 1.82) is 0 Å². The van der Waals surface area contributed by atoms with Gasteiger partial charge in [0.05, 0.1) is 23.6 Å². The standard InChI is InChI=1S/C14H13N5O2/c20-14(21)12-8-19(9-17-12)6-5-15-13-7-16-10-3-1-2-4-11(10)18-13/h1-4,7-9H,5-6H2,(H,15,18)(H,20,21). The van der Waals surface area contributed by atoms with E-state index >= 15 is 0 Å². The first-order valence-electron chi connectivity index (χ1n) is 6.43. The summed E-state index contributed by atoms with van der Waals surface area (Å²) in [7, 11) is 0. The lowest BCUT2D eigenvalue weighted by Gasteiger charge is -2.06. The Morgan fingerprint density at radius 1 is 1.24 bits per heavy atom. The highest BCUT2D eigenvalue weighted by Gasteiger charge is 2.06. The van der Waals surface area contributed by atoms with Gasteiger partial charge in [-0.3, -0.25) is 4.98 Å². The lowest BCUT2D eigenvalue weighted by atomic mass is 10.3. The maximum atomic E-state index is 10.7. The van der Waals surface area contributed by atoms with Crippen molar-refractivity contribution in [2.24, 2.45) is 0 Å². The minimum absolute atomic E-state index is 0.0421. The van der Waals surface area contributed by atoms with E-state index in [9.17, 15) is 4.79 Å². The van der Waals surface area contributed by atoms with Gasteiger partial charge in [-0.05, 0) is 12.1 Å². The van der Waals surface area contributed by atoms with Crippen molar-refractivity contribution in [1.82, 2.24) is 19.5 Å². The molecule has 2 N–H and O–H groups in total. The number of carboxylic acids is 1. The third kappa shape index (κ3) is 2.97. The van der Waals surface area contributed by atoms with E-state index in [1.165, 1.54) is 12.5 Å². The molecule has 3 rings (SSSR count). The van der Waals surface area contributed by atoms with Crippen molar-refractivity contribution in [3.63, 3.8) is 0 Å². The zero-order valence-electron chi connectivity index (χ0n) is 11.1. The topological polar surface area (TPSA) is 92.9 Å². The van der Waals surface area contributed by atoms with Crippen LogP contribution in [0.5, 0.6) is 0 Å². The molecule has 0 aliphatic heterocycles. The Hall–Kier alpha value is -2.96. The van der Waals surface area contributed by atoms with E-state index in [2.05, 4.69) is 20.3 Å². The smallest absolute Gasteiger partial charge is 0.356 e. The molecule has 0 fully saturated rings. The monoisotopic (exact) mass is 283 g/mol. The predicted octanol–water partition coefficient (Wildman–Crippen LogP) is 1.64. The third-order valence-corrected chi connectivity index (χ3v) is 2.98. The van der Waals surface area contributed by atoms with Crippen molar-refractivity contribution >= 4 is 22.8 Å². The molecule has 0 bridgehead atoms. The number of hydrogen-bond donors (Lipinski definition) is 2. The van der Waals surface area contributed by atoms with E-state index in [-0.39, 0.29) is 5.69 Å². The fourth-order valence-electron chi connectivity index (χ4n) is 1.95. The Morgan fingerprint density at radius 2 is 2.05 bits per heavy atom. The molecule has 2 aromatic heterocycles. The number of para-hydroxylation sites is 2. The lowest BCUT2D eigenvalue weighted by Crippen LogP contribution is -2.10. The maximum absolute atomic E-state index is 10.7. The van der Waals surface area contributed by atoms with E-state index in [1.807, 2.05) is 24.3 Å². The summed E-state index contributed by atoms with van der Waals surface area (Å²) in [5.74, 6) is -0.339. The zero-order chi connectivity index (χ0) is 14.7. The fraction of sp³-hybridized carbons (Fsp3) is 0.143. The van der Waals surface area contributed by atoms with Crippen LogP contribution in [0, 0.1) is 0 Å². The summed E-state index contributed by atoms with van der Waals surface area (Å²) in [6.45, 7) is 1.19. The molecule has 0 saturated carbocycles. The van der Waals surface area contributed by atoms with Crippen LogP contribution in [0.25, 0.3) is 11.0 Å². The van der Waals surface area contributed by atoms with Gasteiger partial charge in [0.1, 0.15) is 5.82 Å². The van der Waals surface area contributed by atoms with Crippen LogP contribution in [-0.2, 0) is 6.54 Å². The molecular formula is C14H13N5O2. The highest BCUT2D eigenvalue weighted by atomic mass is 16.4. The van der Waals surface area contributed by atoms with Crippen molar-refractivity contribution in [3.05, 3.63) is 48.7 Å². The first-order valence-corrected chi connectivity index (χ1v) is 6.43. The average Bonchev–Trinajstić information content (AvgIpc) is 2.96. The van der Waals surface area contributed by atoms with Crippen LogP contribution >= 0.6 is 0 Å². The molecule has 0 unspecified atom stereocenters. The Kier molecular flexibility index (Phi) is 3.46. The van der Waals surface area contributed by atoms with Crippen LogP contribution in [0.1, 0.15) is 10.5 Å². The lowest BCUT2D eigenvalue weighted by molar-refractivity contribution is 0.0691. The van der Waals surface area contributed by atoms with Gasteiger partial charge in [0.2, 0.25) is 0 Å². The van der Waals surface area contributed by atoms with Crippen LogP contribution in [0.4, 0.5) is 5.82 Å². The SMILES string of the molecule is O=C(O)c1cn(CCNc2cnc3ccccc3n2)cn1. The first-order chi connectivity index (χ1) is 10.2. The molecule has 0 atom stereocenters. The molecule has 2 heterocycles. The molecule has 21 heavy (non-hydrogen) atoms. The van der Waals surface area contributed by atoms with E-state index < -0.39 is 5.97 Å². The molecule has 0 spiro atoms. The summed E-state index contributed by atoms with van der Waals surface area (Å²) >= 11 is 0. The number of aromatic carboxylic acids is 1. The van der Waals surface area contributed by atoms with E-state index in [4.69, 9.17) is 5.11 Å². The first kappa shape index (κ1) is 13.0. The number of benzene rings is 1. The van der Waals surface area contributed by atoms with Gasteiger partial charge in [-0.15, -0.1) is 0 Å². The summed E-state index contributed by atoms with van der Waals surface area (Å²) in [5.41, 5.74) is 1.72. The number of nitrogens with one attached hydrogen (secondary N) is 1. The van der Waals surface area contributed by atoms with Crippen LogP contribution in [0.2, 0.25) is 0 Å². The van der Waals surface area contributed by atoms with Gasteiger partial charge in [-0.2, -0.15) is 0 Å². The largest absolute Gasteiger partial charge is 0.476 e. The average molecular weight is 283 g/mol. The van der Waals surface area contributed by atoms with Crippen molar-refractivity contribution in [2.75, 3.05) is 11.9 Å². The van der Waals surface area contributed by atoms with Crippen molar-refractivity contribution in [2.45, 2.75) is 6.54 Å². The van der Waals surface area contributed by atoms with Gasteiger partial charge >= 0.3 is 5.97 Å². The Morgan fingerprint density at radius 3 is 2.81 bits per heavy atom. The number of carbonyl (C=O) groups is 1. The predicted molar refractivity (Wildman–Crippen MR) is 77.2 cm³/mol. The molecule has 0 saturated heterocycles. The number of nitrogens with zero attached hydrogens (tertiary/aromatic N) is 4. The highest BCUT2D eigenvalue weighted by molar-refractivity contribution is 5.84. The minimum Gasteiger partial charge on any atom is -0.476 e. The second-order valence-electron chi connectivity index (χ2n) is 4.47. The second kappa shape index (κ2) is 5.58. The quantitative estimate of drug-likeness (QED) is 0.739.